The first kappa shape index (κ1) is 20.1. The molecule has 0 saturated carbocycles. The van der Waals surface area contributed by atoms with Gasteiger partial charge >= 0.3 is 0 Å². The smallest absolute Gasteiger partial charge is 0.269 e. The maximum Gasteiger partial charge on any atom is 0.269 e. The molecule has 29 heavy (non-hydrogen) atoms. The SMILES string of the molecule is O=C(NC(=S)Nc1cccc(OCC2CCCO2)c1)c1sc2ccccc2c1Cl. The number of fused-ring (bicyclic) bond motifs is 1. The lowest BCUT2D eigenvalue weighted by atomic mass is 10.2. The zero-order valence-corrected chi connectivity index (χ0v) is 17.8. The summed E-state index contributed by atoms with van der Waals surface area (Å²) in [7, 11) is 0. The number of carbonyl (C=O) groups excluding carboxylic acids is 1. The van der Waals surface area contributed by atoms with Crippen LogP contribution >= 0.6 is 35.2 Å². The van der Waals surface area contributed by atoms with Gasteiger partial charge in [-0.15, -0.1) is 11.3 Å². The molecule has 2 N–H and O–H groups in total. The van der Waals surface area contributed by atoms with Crippen LogP contribution in [0, 0.1) is 0 Å². The first-order chi connectivity index (χ1) is 14.1. The standard InChI is InChI=1S/C21H19ClN2O3S2/c22-18-16-8-1-2-9-17(16)29-19(18)20(25)24-21(28)23-13-5-3-6-14(11-13)27-12-15-7-4-10-26-15/h1-3,5-6,8-9,11,15H,4,7,10,12H2,(H2,23,24,25,28). The maximum atomic E-state index is 12.6. The van der Waals surface area contributed by atoms with Gasteiger partial charge in [-0.1, -0.05) is 35.9 Å². The summed E-state index contributed by atoms with van der Waals surface area (Å²) in [5.41, 5.74) is 0.725. The van der Waals surface area contributed by atoms with Gasteiger partial charge < -0.3 is 14.8 Å². The quantitative estimate of drug-likeness (QED) is 0.525. The second-order valence-corrected chi connectivity index (χ2v) is 8.46. The zero-order chi connectivity index (χ0) is 20.2. The Morgan fingerprint density at radius 2 is 2.14 bits per heavy atom. The average molecular weight is 447 g/mol. The number of hydrogen-bond acceptors (Lipinski definition) is 5. The normalized spacial score (nSPS) is 16.0. The third-order valence-corrected chi connectivity index (χ3v) is 6.40. The topological polar surface area (TPSA) is 59.6 Å². The number of halogens is 1. The number of thiocarbonyl (C=S) groups is 1. The van der Waals surface area contributed by atoms with Gasteiger partial charge in [0.25, 0.3) is 5.91 Å². The monoisotopic (exact) mass is 446 g/mol. The minimum absolute atomic E-state index is 0.151. The molecule has 8 heteroatoms. The van der Waals surface area contributed by atoms with E-state index in [0.29, 0.717) is 22.3 Å². The molecule has 1 aromatic heterocycles. The molecular weight excluding hydrogens is 428 g/mol. The van der Waals surface area contributed by atoms with Gasteiger partial charge in [-0.2, -0.15) is 0 Å². The molecule has 0 bridgehead atoms. The van der Waals surface area contributed by atoms with E-state index in [0.717, 1.165) is 35.2 Å². The second kappa shape index (κ2) is 9.09. The number of hydrogen-bond donors (Lipinski definition) is 2. The van der Waals surface area contributed by atoms with Crippen LogP contribution in [0.1, 0.15) is 22.5 Å². The number of carbonyl (C=O) groups is 1. The number of rotatable bonds is 5. The van der Waals surface area contributed by atoms with Crippen molar-refractivity contribution in [2.45, 2.75) is 18.9 Å². The van der Waals surface area contributed by atoms with Crippen molar-refractivity contribution in [2.24, 2.45) is 0 Å². The molecule has 1 aliphatic heterocycles. The fourth-order valence-electron chi connectivity index (χ4n) is 3.11. The predicted octanol–water partition coefficient (Wildman–Crippen LogP) is 5.24. The number of anilines is 1. The van der Waals surface area contributed by atoms with Crippen molar-refractivity contribution in [1.82, 2.24) is 5.32 Å². The lowest BCUT2D eigenvalue weighted by Crippen LogP contribution is -2.33. The van der Waals surface area contributed by atoms with E-state index in [9.17, 15) is 4.79 Å². The number of amides is 1. The Bertz CT molecular complexity index is 1050. The van der Waals surface area contributed by atoms with Gasteiger partial charge in [0.2, 0.25) is 0 Å². The molecule has 2 heterocycles. The third-order valence-electron chi connectivity index (χ3n) is 4.52. The van der Waals surface area contributed by atoms with Crippen LogP contribution in [0.4, 0.5) is 5.69 Å². The lowest BCUT2D eigenvalue weighted by molar-refractivity contribution is 0.0680. The summed E-state index contributed by atoms with van der Waals surface area (Å²) in [5.74, 6) is 0.381. The Hall–Kier alpha value is -2.19. The molecule has 1 aliphatic rings. The number of benzene rings is 2. The van der Waals surface area contributed by atoms with E-state index in [4.69, 9.17) is 33.3 Å². The van der Waals surface area contributed by atoms with Gasteiger partial charge in [0.1, 0.15) is 17.2 Å². The van der Waals surface area contributed by atoms with Crippen LogP contribution in [0.2, 0.25) is 5.02 Å². The molecule has 1 atom stereocenters. The molecule has 1 saturated heterocycles. The first-order valence-corrected chi connectivity index (χ1v) is 10.8. The van der Waals surface area contributed by atoms with Crippen LogP contribution in [-0.4, -0.2) is 30.3 Å². The fraction of sp³-hybridized carbons (Fsp3) is 0.238. The van der Waals surface area contributed by atoms with Crippen LogP contribution in [0.3, 0.4) is 0 Å². The Labute approximate surface area is 183 Å². The number of thiophene rings is 1. The highest BCUT2D eigenvalue weighted by Gasteiger charge is 2.18. The van der Waals surface area contributed by atoms with Crippen molar-refractivity contribution in [2.75, 3.05) is 18.5 Å². The van der Waals surface area contributed by atoms with Crippen molar-refractivity contribution in [3.8, 4) is 5.75 Å². The van der Waals surface area contributed by atoms with E-state index in [2.05, 4.69) is 10.6 Å². The number of ether oxygens (including phenoxy) is 2. The molecule has 0 aliphatic carbocycles. The third kappa shape index (κ3) is 4.87. The molecule has 1 amide bonds. The maximum absolute atomic E-state index is 12.6. The molecule has 1 unspecified atom stereocenters. The second-order valence-electron chi connectivity index (χ2n) is 6.62. The van der Waals surface area contributed by atoms with E-state index >= 15 is 0 Å². The molecule has 150 valence electrons. The molecule has 2 aromatic carbocycles. The summed E-state index contributed by atoms with van der Waals surface area (Å²) in [6.07, 6.45) is 2.25. The van der Waals surface area contributed by atoms with Crippen LogP contribution in [-0.2, 0) is 4.74 Å². The van der Waals surface area contributed by atoms with Crippen molar-refractivity contribution >= 4 is 61.9 Å². The van der Waals surface area contributed by atoms with Crippen LogP contribution in [0.25, 0.3) is 10.1 Å². The highest BCUT2D eigenvalue weighted by atomic mass is 35.5. The van der Waals surface area contributed by atoms with Crippen LogP contribution < -0.4 is 15.4 Å². The van der Waals surface area contributed by atoms with Gasteiger partial charge in [0.15, 0.2) is 5.11 Å². The fourth-order valence-corrected chi connectivity index (χ4v) is 4.73. The van der Waals surface area contributed by atoms with E-state index in [1.807, 2.05) is 48.5 Å². The predicted molar refractivity (Wildman–Crippen MR) is 121 cm³/mol. The molecule has 0 spiro atoms. The molecule has 0 radical (unpaired) electrons. The van der Waals surface area contributed by atoms with E-state index in [1.54, 1.807) is 0 Å². The van der Waals surface area contributed by atoms with Crippen LogP contribution in [0.5, 0.6) is 5.75 Å². The van der Waals surface area contributed by atoms with Crippen molar-refractivity contribution in [3.05, 3.63) is 58.4 Å². The van der Waals surface area contributed by atoms with E-state index < -0.39 is 0 Å². The van der Waals surface area contributed by atoms with Crippen molar-refractivity contribution in [1.29, 1.82) is 0 Å². The highest BCUT2D eigenvalue weighted by Crippen LogP contribution is 2.35. The summed E-state index contributed by atoms with van der Waals surface area (Å²) >= 11 is 13.0. The van der Waals surface area contributed by atoms with E-state index in [-0.39, 0.29) is 17.1 Å². The Morgan fingerprint density at radius 1 is 1.28 bits per heavy atom. The van der Waals surface area contributed by atoms with Gasteiger partial charge in [-0.25, -0.2) is 0 Å². The highest BCUT2D eigenvalue weighted by molar-refractivity contribution is 7.80. The van der Waals surface area contributed by atoms with Crippen molar-refractivity contribution in [3.63, 3.8) is 0 Å². The average Bonchev–Trinajstić information content (AvgIpc) is 3.35. The van der Waals surface area contributed by atoms with Gasteiger partial charge in [0.05, 0.1) is 11.1 Å². The van der Waals surface area contributed by atoms with Gasteiger partial charge in [-0.3, -0.25) is 10.1 Å². The van der Waals surface area contributed by atoms with E-state index in [1.165, 1.54) is 11.3 Å². The largest absolute Gasteiger partial charge is 0.491 e. The first-order valence-electron chi connectivity index (χ1n) is 9.24. The Balaban J connectivity index is 1.36. The molecular formula is C21H19ClN2O3S2. The minimum Gasteiger partial charge on any atom is -0.491 e. The Morgan fingerprint density at radius 3 is 2.93 bits per heavy atom. The molecule has 5 nitrogen and oxygen atoms in total. The van der Waals surface area contributed by atoms with Gasteiger partial charge in [0, 0.05) is 28.4 Å². The summed E-state index contributed by atoms with van der Waals surface area (Å²) in [6, 6.07) is 15.0. The zero-order valence-electron chi connectivity index (χ0n) is 15.4. The summed E-state index contributed by atoms with van der Waals surface area (Å²) < 4.78 is 12.3. The molecule has 4 rings (SSSR count). The lowest BCUT2D eigenvalue weighted by Gasteiger charge is -2.13. The minimum atomic E-state index is -0.334. The Kier molecular flexibility index (Phi) is 6.30. The summed E-state index contributed by atoms with van der Waals surface area (Å²) in [4.78, 5) is 13.0. The number of nitrogens with one attached hydrogen (secondary N) is 2. The van der Waals surface area contributed by atoms with Gasteiger partial charge in [-0.05, 0) is 43.3 Å². The van der Waals surface area contributed by atoms with Crippen LogP contribution in [0.15, 0.2) is 48.5 Å². The molecule has 3 aromatic rings. The molecule has 1 fully saturated rings. The summed E-state index contributed by atoms with van der Waals surface area (Å²) in [6.45, 7) is 1.32. The summed E-state index contributed by atoms with van der Waals surface area (Å²) in [5, 5.41) is 7.20. The van der Waals surface area contributed by atoms with Crippen molar-refractivity contribution < 1.29 is 14.3 Å².